The van der Waals surface area contributed by atoms with Gasteiger partial charge in [-0.3, -0.25) is 13.9 Å². The number of nitrogens with zero attached hydrogens (tertiary/aromatic N) is 2. The zero-order chi connectivity index (χ0) is 31.2. The number of ether oxygens (including phenoxy) is 2. The molecule has 0 saturated heterocycles. The molecule has 0 aliphatic carbocycles. The van der Waals surface area contributed by atoms with Crippen LogP contribution < -0.4 is 19.1 Å². The van der Waals surface area contributed by atoms with Crippen LogP contribution in [0.1, 0.15) is 33.3 Å². The van der Waals surface area contributed by atoms with Crippen molar-refractivity contribution < 1.29 is 31.9 Å². The van der Waals surface area contributed by atoms with E-state index < -0.39 is 45.8 Å². The second-order valence-electron chi connectivity index (χ2n) is 10.6. The third-order valence-corrected chi connectivity index (χ3v) is 8.29. The molecular formula is C30H35ClFN3O6S. The standard InChI is InChI=1S/C30H35ClFN3O6S/c1-20(29(37)33-30(2,3)4)34(18-21-7-9-22(31)10-8-21)28(36)19-35(24-13-11-23(32)12-14-24)42(38,39)25-15-16-26(40-5)27(17-25)41-6/h7-17,20H,18-19H2,1-6H3,(H,33,37)/t20-/m0/s1. The first-order valence-electron chi connectivity index (χ1n) is 13.0. The van der Waals surface area contributed by atoms with Crippen LogP contribution in [0, 0.1) is 5.82 Å². The Labute approximate surface area is 251 Å². The number of hydrogen-bond donors (Lipinski definition) is 1. The second kappa shape index (κ2) is 13.4. The number of rotatable bonds is 11. The Hall–Kier alpha value is -3.83. The summed E-state index contributed by atoms with van der Waals surface area (Å²) in [6, 6.07) is 14.5. The molecule has 0 spiro atoms. The summed E-state index contributed by atoms with van der Waals surface area (Å²) in [5, 5.41) is 3.37. The van der Waals surface area contributed by atoms with Crippen molar-refractivity contribution in [3.05, 3.63) is 83.1 Å². The summed E-state index contributed by atoms with van der Waals surface area (Å²) in [5.74, 6) is -1.17. The van der Waals surface area contributed by atoms with E-state index >= 15 is 0 Å². The van der Waals surface area contributed by atoms with Crippen molar-refractivity contribution in [2.45, 2.75) is 50.7 Å². The minimum Gasteiger partial charge on any atom is -0.493 e. The maximum absolute atomic E-state index is 14.0. The van der Waals surface area contributed by atoms with Gasteiger partial charge in [0.25, 0.3) is 10.0 Å². The van der Waals surface area contributed by atoms with E-state index in [0.29, 0.717) is 16.3 Å². The van der Waals surface area contributed by atoms with E-state index in [-0.39, 0.29) is 22.9 Å². The second-order valence-corrected chi connectivity index (χ2v) is 12.9. The van der Waals surface area contributed by atoms with Gasteiger partial charge in [-0.05, 0) is 81.8 Å². The monoisotopic (exact) mass is 619 g/mol. The normalized spacial score (nSPS) is 12.3. The molecule has 0 aromatic heterocycles. The van der Waals surface area contributed by atoms with E-state index in [1.165, 1.54) is 49.5 Å². The first kappa shape index (κ1) is 32.7. The molecule has 0 fully saturated rings. The molecule has 3 rings (SSSR count). The quantitative estimate of drug-likeness (QED) is 0.323. The SMILES string of the molecule is COc1ccc(S(=O)(=O)N(CC(=O)N(Cc2ccc(Cl)cc2)[C@@H](C)C(=O)NC(C)(C)C)c2ccc(F)cc2)cc1OC. The molecular weight excluding hydrogens is 585 g/mol. The summed E-state index contributed by atoms with van der Waals surface area (Å²) < 4.78 is 53.2. The van der Waals surface area contributed by atoms with Crippen LogP contribution in [0.3, 0.4) is 0 Å². The van der Waals surface area contributed by atoms with Crippen LogP contribution in [0.15, 0.2) is 71.6 Å². The highest BCUT2D eigenvalue weighted by atomic mass is 35.5. The fraction of sp³-hybridized carbons (Fsp3) is 0.333. The molecule has 3 aromatic carbocycles. The van der Waals surface area contributed by atoms with E-state index in [0.717, 1.165) is 16.4 Å². The number of carbonyl (C=O) groups is 2. The van der Waals surface area contributed by atoms with Gasteiger partial charge >= 0.3 is 0 Å². The molecule has 226 valence electrons. The van der Waals surface area contributed by atoms with Crippen molar-refractivity contribution >= 4 is 39.1 Å². The molecule has 0 heterocycles. The summed E-state index contributed by atoms with van der Waals surface area (Å²) >= 11 is 6.03. The third-order valence-electron chi connectivity index (χ3n) is 6.27. The Morgan fingerprint density at radius 1 is 0.952 bits per heavy atom. The third kappa shape index (κ3) is 8.13. The lowest BCUT2D eigenvalue weighted by Gasteiger charge is -2.33. The number of nitrogens with one attached hydrogen (secondary N) is 1. The van der Waals surface area contributed by atoms with Gasteiger partial charge in [-0.25, -0.2) is 12.8 Å². The zero-order valence-electron chi connectivity index (χ0n) is 24.4. The van der Waals surface area contributed by atoms with Crippen LogP contribution in [0.4, 0.5) is 10.1 Å². The van der Waals surface area contributed by atoms with Crippen LogP contribution in [0.2, 0.25) is 5.02 Å². The van der Waals surface area contributed by atoms with E-state index in [9.17, 15) is 22.4 Å². The first-order chi connectivity index (χ1) is 19.7. The van der Waals surface area contributed by atoms with Crippen molar-refractivity contribution in [2.24, 2.45) is 0 Å². The van der Waals surface area contributed by atoms with Crippen LogP contribution in [-0.2, 0) is 26.2 Å². The lowest BCUT2D eigenvalue weighted by molar-refractivity contribution is -0.140. The minimum atomic E-state index is -4.40. The summed E-state index contributed by atoms with van der Waals surface area (Å²) in [5.41, 5.74) is 0.161. The fourth-order valence-corrected chi connectivity index (χ4v) is 5.64. The van der Waals surface area contributed by atoms with Crippen molar-refractivity contribution in [1.82, 2.24) is 10.2 Å². The van der Waals surface area contributed by atoms with E-state index in [4.69, 9.17) is 21.1 Å². The number of sulfonamides is 1. The van der Waals surface area contributed by atoms with Gasteiger partial charge in [0.1, 0.15) is 18.4 Å². The summed E-state index contributed by atoms with van der Waals surface area (Å²) in [4.78, 5) is 28.3. The number of hydrogen-bond acceptors (Lipinski definition) is 6. The van der Waals surface area contributed by atoms with Gasteiger partial charge in [-0.15, -0.1) is 0 Å². The topological polar surface area (TPSA) is 105 Å². The number of carbonyl (C=O) groups excluding carboxylic acids is 2. The molecule has 0 aliphatic rings. The molecule has 2 amide bonds. The molecule has 12 heteroatoms. The Balaban J connectivity index is 2.07. The summed E-state index contributed by atoms with van der Waals surface area (Å²) in [6.45, 7) is 6.34. The van der Waals surface area contributed by atoms with E-state index in [1.807, 2.05) is 20.8 Å². The van der Waals surface area contributed by atoms with Gasteiger partial charge in [0, 0.05) is 23.2 Å². The van der Waals surface area contributed by atoms with Crippen LogP contribution in [-0.4, -0.2) is 57.5 Å². The Kier molecular flexibility index (Phi) is 10.5. The summed E-state index contributed by atoms with van der Waals surface area (Å²) in [7, 11) is -1.61. The average Bonchev–Trinajstić information content (AvgIpc) is 2.94. The van der Waals surface area contributed by atoms with Crippen molar-refractivity contribution in [3.63, 3.8) is 0 Å². The number of halogens is 2. The summed E-state index contributed by atoms with van der Waals surface area (Å²) in [6.07, 6.45) is 0. The van der Waals surface area contributed by atoms with E-state index in [1.54, 1.807) is 31.2 Å². The Bertz CT molecular complexity index is 1510. The lowest BCUT2D eigenvalue weighted by Crippen LogP contribution is -2.54. The number of amides is 2. The fourth-order valence-electron chi connectivity index (χ4n) is 4.08. The zero-order valence-corrected chi connectivity index (χ0v) is 25.9. The van der Waals surface area contributed by atoms with Gasteiger partial charge in [0.05, 0.1) is 24.8 Å². The predicted molar refractivity (Wildman–Crippen MR) is 160 cm³/mol. The maximum Gasteiger partial charge on any atom is 0.264 e. The van der Waals surface area contributed by atoms with Crippen LogP contribution >= 0.6 is 11.6 Å². The highest BCUT2D eigenvalue weighted by Crippen LogP contribution is 2.32. The molecule has 42 heavy (non-hydrogen) atoms. The van der Waals surface area contributed by atoms with E-state index in [2.05, 4.69) is 5.32 Å². The van der Waals surface area contributed by atoms with Gasteiger partial charge in [-0.1, -0.05) is 23.7 Å². The molecule has 1 atom stereocenters. The first-order valence-corrected chi connectivity index (χ1v) is 14.8. The Morgan fingerprint density at radius 3 is 2.10 bits per heavy atom. The number of benzene rings is 3. The van der Waals surface area contributed by atoms with Gasteiger partial charge in [0.2, 0.25) is 11.8 Å². The molecule has 0 radical (unpaired) electrons. The van der Waals surface area contributed by atoms with Crippen molar-refractivity contribution in [3.8, 4) is 11.5 Å². The van der Waals surface area contributed by atoms with Gasteiger partial charge in [0.15, 0.2) is 11.5 Å². The largest absolute Gasteiger partial charge is 0.493 e. The molecule has 0 unspecified atom stereocenters. The molecule has 0 aliphatic heterocycles. The lowest BCUT2D eigenvalue weighted by atomic mass is 10.1. The van der Waals surface area contributed by atoms with Gasteiger partial charge < -0.3 is 19.7 Å². The average molecular weight is 620 g/mol. The highest BCUT2D eigenvalue weighted by Gasteiger charge is 2.34. The van der Waals surface area contributed by atoms with Crippen molar-refractivity contribution in [2.75, 3.05) is 25.1 Å². The Morgan fingerprint density at radius 2 is 1.55 bits per heavy atom. The van der Waals surface area contributed by atoms with Gasteiger partial charge in [-0.2, -0.15) is 0 Å². The molecule has 0 bridgehead atoms. The molecule has 0 saturated carbocycles. The van der Waals surface area contributed by atoms with Crippen LogP contribution in [0.25, 0.3) is 0 Å². The molecule has 9 nitrogen and oxygen atoms in total. The van der Waals surface area contributed by atoms with Crippen LogP contribution in [0.5, 0.6) is 11.5 Å². The smallest absolute Gasteiger partial charge is 0.264 e. The molecule has 3 aromatic rings. The van der Waals surface area contributed by atoms with Crippen molar-refractivity contribution in [1.29, 1.82) is 0 Å². The molecule has 1 N–H and O–H groups in total. The predicted octanol–water partition coefficient (Wildman–Crippen LogP) is 5.02. The number of methoxy groups -OCH3 is 2. The maximum atomic E-state index is 14.0. The minimum absolute atomic E-state index is 0.00238. The number of anilines is 1. The highest BCUT2D eigenvalue weighted by molar-refractivity contribution is 7.92.